The first-order chi connectivity index (χ1) is 8.13. The third kappa shape index (κ3) is 5.17. The monoisotopic (exact) mass is 257 g/mol. The molecule has 0 saturated heterocycles. The first-order valence-corrected chi connectivity index (χ1v) is 5.79. The van der Waals surface area contributed by atoms with E-state index in [4.69, 9.17) is 16.3 Å². The van der Waals surface area contributed by atoms with Crippen LogP contribution in [0.3, 0.4) is 0 Å². The van der Waals surface area contributed by atoms with Gasteiger partial charge in [-0.2, -0.15) is 0 Å². The molecular formula is C12H16ClNO3. The Hall–Kier alpha value is -1.10. The van der Waals surface area contributed by atoms with Gasteiger partial charge in [-0.25, -0.2) is 0 Å². The third-order valence-corrected chi connectivity index (χ3v) is 2.44. The second-order valence-electron chi connectivity index (χ2n) is 3.51. The van der Waals surface area contributed by atoms with E-state index in [-0.39, 0.29) is 19.1 Å². The number of hydrogen-bond acceptors (Lipinski definition) is 3. The van der Waals surface area contributed by atoms with Crippen LogP contribution in [0.2, 0.25) is 5.02 Å². The molecule has 2 N–H and O–H groups in total. The van der Waals surface area contributed by atoms with Gasteiger partial charge in [0.05, 0.1) is 6.10 Å². The first kappa shape index (κ1) is 14.0. The molecule has 1 unspecified atom stereocenters. The van der Waals surface area contributed by atoms with Crippen molar-refractivity contribution in [2.24, 2.45) is 0 Å². The van der Waals surface area contributed by atoms with Crippen molar-refractivity contribution in [3.05, 3.63) is 34.9 Å². The molecule has 1 rings (SSSR count). The predicted octanol–water partition coefficient (Wildman–Crippen LogP) is 1.53. The molecule has 0 aromatic heterocycles. The van der Waals surface area contributed by atoms with Crippen molar-refractivity contribution >= 4 is 17.5 Å². The maximum Gasteiger partial charge on any atom is 0.246 e. The lowest BCUT2D eigenvalue weighted by molar-refractivity contribution is -0.126. The molecule has 0 spiro atoms. The summed E-state index contributed by atoms with van der Waals surface area (Å²) in [6.45, 7) is 2.49. The molecule has 5 heteroatoms. The maximum atomic E-state index is 11.2. The van der Waals surface area contributed by atoms with Gasteiger partial charge in [-0.05, 0) is 24.6 Å². The van der Waals surface area contributed by atoms with Crippen LogP contribution in [-0.2, 0) is 9.53 Å². The van der Waals surface area contributed by atoms with Crippen LogP contribution < -0.4 is 5.32 Å². The molecule has 0 bridgehead atoms. The molecule has 0 aliphatic rings. The van der Waals surface area contributed by atoms with Crippen LogP contribution in [0.25, 0.3) is 0 Å². The second-order valence-corrected chi connectivity index (χ2v) is 3.94. The average Bonchev–Trinajstić information content (AvgIpc) is 2.34. The van der Waals surface area contributed by atoms with Gasteiger partial charge >= 0.3 is 0 Å². The lowest BCUT2D eigenvalue weighted by Gasteiger charge is -2.12. The van der Waals surface area contributed by atoms with E-state index in [1.54, 1.807) is 24.3 Å². The molecule has 1 atom stereocenters. The first-order valence-electron chi connectivity index (χ1n) is 5.41. The number of rotatable bonds is 6. The Balaban J connectivity index is 2.36. The highest BCUT2D eigenvalue weighted by Gasteiger charge is 2.09. The molecule has 0 fully saturated rings. The zero-order valence-electron chi connectivity index (χ0n) is 9.65. The predicted molar refractivity (Wildman–Crippen MR) is 65.9 cm³/mol. The number of carbonyl (C=O) groups excluding carboxylic acids is 1. The summed E-state index contributed by atoms with van der Waals surface area (Å²) in [5, 5.41) is 13.0. The number of ether oxygens (including phenoxy) is 1. The van der Waals surface area contributed by atoms with Gasteiger partial charge in [-0.15, -0.1) is 0 Å². The van der Waals surface area contributed by atoms with Gasteiger partial charge in [0.25, 0.3) is 0 Å². The summed E-state index contributed by atoms with van der Waals surface area (Å²) in [6, 6.07) is 6.84. The van der Waals surface area contributed by atoms with E-state index in [2.05, 4.69) is 5.32 Å². The normalized spacial score (nSPS) is 12.2. The number of amides is 1. The van der Waals surface area contributed by atoms with Crippen molar-refractivity contribution in [2.45, 2.75) is 13.0 Å². The van der Waals surface area contributed by atoms with E-state index in [0.717, 1.165) is 0 Å². The molecule has 4 nitrogen and oxygen atoms in total. The van der Waals surface area contributed by atoms with Crippen molar-refractivity contribution < 1.29 is 14.6 Å². The molecule has 1 aromatic carbocycles. The van der Waals surface area contributed by atoms with Gasteiger partial charge < -0.3 is 15.2 Å². The van der Waals surface area contributed by atoms with Gasteiger partial charge in [0, 0.05) is 18.2 Å². The molecule has 1 aromatic rings. The highest BCUT2D eigenvalue weighted by Crippen LogP contribution is 2.15. The van der Waals surface area contributed by atoms with Crippen LogP contribution in [0.15, 0.2) is 24.3 Å². The van der Waals surface area contributed by atoms with E-state index in [1.165, 1.54) is 0 Å². The fourth-order valence-corrected chi connectivity index (χ4v) is 1.39. The lowest BCUT2D eigenvalue weighted by atomic mass is 10.1. The Morgan fingerprint density at radius 1 is 1.47 bits per heavy atom. The third-order valence-electron chi connectivity index (χ3n) is 2.18. The summed E-state index contributed by atoms with van der Waals surface area (Å²) in [5.74, 6) is -0.236. The van der Waals surface area contributed by atoms with Crippen LogP contribution in [0.4, 0.5) is 0 Å². The molecule has 94 valence electrons. The van der Waals surface area contributed by atoms with Crippen molar-refractivity contribution in [2.75, 3.05) is 19.8 Å². The Bertz CT molecular complexity index is 353. The summed E-state index contributed by atoms with van der Waals surface area (Å²) in [5.41, 5.74) is 0.714. The van der Waals surface area contributed by atoms with Gasteiger partial charge in [0.1, 0.15) is 6.61 Å². The van der Waals surface area contributed by atoms with Crippen LogP contribution >= 0.6 is 11.6 Å². The summed E-state index contributed by atoms with van der Waals surface area (Å²) < 4.78 is 4.94. The Kier molecular flexibility index (Phi) is 5.97. The zero-order valence-corrected chi connectivity index (χ0v) is 10.4. The van der Waals surface area contributed by atoms with Crippen molar-refractivity contribution in [3.8, 4) is 0 Å². The Morgan fingerprint density at radius 3 is 2.71 bits per heavy atom. The number of aliphatic hydroxyl groups excluding tert-OH is 1. The molecule has 0 saturated carbocycles. The highest BCUT2D eigenvalue weighted by molar-refractivity contribution is 6.30. The van der Waals surface area contributed by atoms with Crippen molar-refractivity contribution in [1.29, 1.82) is 0 Å². The summed E-state index contributed by atoms with van der Waals surface area (Å²) in [6.07, 6.45) is -0.738. The molecule has 1 amide bonds. The minimum Gasteiger partial charge on any atom is -0.387 e. The van der Waals surface area contributed by atoms with Crippen LogP contribution in [0.1, 0.15) is 18.6 Å². The van der Waals surface area contributed by atoms with E-state index in [9.17, 15) is 9.90 Å². The largest absolute Gasteiger partial charge is 0.387 e. The van der Waals surface area contributed by atoms with Crippen LogP contribution in [0, 0.1) is 0 Å². The fraction of sp³-hybridized carbons (Fsp3) is 0.417. The SMILES string of the molecule is CCOCC(=O)NCC(O)c1ccc(Cl)cc1. The number of carbonyl (C=O) groups is 1. The van der Waals surface area contributed by atoms with Crippen LogP contribution in [-0.4, -0.2) is 30.8 Å². The van der Waals surface area contributed by atoms with Gasteiger partial charge in [-0.1, -0.05) is 23.7 Å². The fourth-order valence-electron chi connectivity index (χ4n) is 1.26. The second kappa shape index (κ2) is 7.27. The van der Waals surface area contributed by atoms with Gasteiger partial charge in [-0.3, -0.25) is 4.79 Å². The average molecular weight is 258 g/mol. The molecule has 0 aliphatic carbocycles. The molecule has 0 aliphatic heterocycles. The minimum atomic E-state index is -0.738. The number of benzene rings is 1. The molecule has 0 heterocycles. The van der Waals surface area contributed by atoms with E-state index >= 15 is 0 Å². The Labute approximate surface area is 106 Å². The number of halogens is 1. The minimum absolute atomic E-state index is 0.0177. The maximum absolute atomic E-state index is 11.2. The summed E-state index contributed by atoms with van der Waals surface area (Å²) in [4.78, 5) is 11.2. The molecule has 17 heavy (non-hydrogen) atoms. The number of hydrogen-bond donors (Lipinski definition) is 2. The molecule has 0 radical (unpaired) electrons. The summed E-state index contributed by atoms with van der Waals surface area (Å²) in [7, 11) is 0. The number of nitrogens with one attached hydrogen (secondary N) is 1. The summed E-state index contributed by atoms with van der Waals surface area (Å²) >= 11 is 5.73. The highest BCUT2D eigenvalue weighted by atomic mass is 35.5. The number of aliphatic hydroxyl groups is 1. The topological polar surface area (TPSA) is 58.6 Å². The van der Waals surface area contributed by atoms with E-state index in [0.29, 0.717) is 17.2 Å². The van der Waals surface area contributed by atoms with E-state index < -0.39 is 6.10 Å². The van der Waals surface area contributed by atoms with Gasteiger partial charge in [0.2, 0.25) is 5.91 Å². The lowest BCUT2D eigenvalue weighted by Crippen LogP contribution is -2.31. The van der Waals surface area contributed by atoms with Gasteiger partial charge in [0.15, 0.2) is 0 Å². The van der Waals surface area contributed by atoms with Crippen molar-refractivity contribution in [1.82, 2.24) is 5.32 Å². The standard InChI is InChI=1S/C12H16ClNO3/c1-2-17-8-12(16)14-7-11(15)9-3-5-10(13)6-4-9/h3-6,11,15H,2,7-8H2,1H3,(H,14,16). The zero-order chi connectivity index (χ0) is 12.7. The van der Waals surface area contributed by atoms with E-state index in [1.807, 2.05) is 6.92 Å². The smallest absolute Gasteiger partial charge is 0.246 e. The van der Waals surface area contributed by atoms with Crippen LogP contribution in [0.5, 0.6) is 0 Å². The van der Waals surface area contributed by atoms with Crippen molar-refractivity contribution in [3.63, 3.8) is 0 Å². The quantitative estimate of drug-likeness (QED) is 0.813. The Morgan fingerprint density at radius 2 is 2.12 bits per heavy atom. The molecular weight excluding hydrogens is 242 g/mol.